The normalized spacial score (nSPS) is 10.6. The molecule has 0 saturated carbocycles. The third-order valence-corrected chi connectivity index (χ3v) is 3.31. The predicted molar refractivity (Wildman–Crippen MR) is 89.4 cm³/mol. The number of para-hydroxylation sites is 1. The van der Waals surface area contributed by atoms with Gasteiger partial charge >= 0.3 is 12.0 Å². The van der Waals surface area contributed by atoms with E-state index in [2.05, 4.69) is 15.6 Å². The summed E-state index contributed by atoms with van der Waals surface area (Å²) >= 11 is 0. The number of hydrogen-bond donors (Lipinski definition) is 3. The molecule has 7 heteroatoms. The van der Waals surface area contributed by atoms with Crippen LogP contribution < -0.4 is 10.6 Å². The van der Waals surface area contributed by atoms with Gasteiger partial charge in [-0.3, -0.25) is 14.9 Å². The Labute approximate surface area is 139 Å². The molecular weight excluding hydrogens is 310 g/mol. The summed E-state index contributed by atoms with van der Waals surface area (Å²) in [6.45, 7) is 3.07. The Morgan fingerprint density at radius 2 is 1.96 bits per heavy atom. The second-order valence-corrected chi connectivity index (χ2v) is 5.70. The number of fused-ring (bicyclic) bond motifs is 1. The van der Waals surface area contributed by atoms with Gasteiger partial charge in [-0.1, -0.05) is 18.2 Å². The van der Waals surface area contributed by atoms with Crippen molar-refractivity contribution >= 4 is 28.8 Å². The number of aryl methyl sites for hydroxylation is 1. The van der Waals surface area contributed by atoms with Gasteiger partial charge in [0.05, 0.1) is 0 Å². The molecule has 0 aliphatic rings. The summed E-state index contributed by atoms with van der Waals surface area (Å²) in [6.07, 6.45) is 2.53. The Kier molecular flexibility index (Phi) is 5.95. The molecule has 0 fully saturated rings. The lowest BCUT2D eigenvalue weighted by atomic mass is 10.1. The van der Waals surface area contributed by atoms with Gasteiger partial charge in [-0.25, -0.2) is 4.79 Å². The number of benzene rings is 1. The van der Waals surface area contributed by atoms with Gasteiger partial charge in [0.25, 0.3) is 5.91 Å². The van der Waals surface area contributed by atoms with E-state index in [0.29, 0.717) is 6.42 Å². The number of rotatable bonds is 6. The van der Waals surface area contributed by atoms with Crippen molar-refractivity contribution in [1.82, 2.24) is 15.6 Å². The maximum atomic E-state index is 11.7. The van der Waals surface area contributed by atoms with Crippen LogP contribution >= 0.6 is 0 Å². The minimum absolute atomic E-state index is 0.0866. The van der Waals surface area contributed by atoms with E-state index in [-0.39, 0.29) is 12.5 Å². The first-order chi connectivity index (χ1) is 11.5. The Balaban J connectivity index is 1.73. The van der Waals surface area contributed by atoms with Gasteiger partial charge in [0.1, 0.15) is 0 Å². The standard InChI is InChI=1S/C17H21N3O4/c1-11(2)19-17(23)20-15(21)10-24-16(22)8-7-12-9-18-14-6-4-3-5-13(12)14/h3-6,9,11,18H,7-8,10H2,1-2H3,(H2,19,20,21,23). The number of urea groups is 1. The van der Waals surface area contributed by atoms with Crippen LogP contribution in [-0.4, -0.2) is 35.5 Å². The van der Waals surface area contributed by atoms with Crippen molar-refractivity contribution in [2.45, 2.75) is 32.7 Å². The minimum Gasteiger partial charge on any atom is -0.456 e. The molecule has 2 aromatic rings. The molecule has 3 N–H and O–H groups in total. The van der Waals surface area contributed by atoms with Crippen molar-refractivity contribution in [3.63, 3.8) is 0 Å². The van der Waals surface area contributed by atoms with Crippen LogP contribution in [-0.2, 0) is 20.7 Å². The SMILES string of the molecule is CC(C)NC(=O)NC(=O)COC(=O)CCc1c[nH]c2ccccc12. The number of aromatic nitrogens is 1. The molecule has 0 unspecified atom stereocenters. The van der Waals surface area contributed by atoms with E-state index in [9.17, 15) is 14.4 Å². The van der Waals surface area contributed by atoms with E-state index >= 15 is 0 Å². The third kappa shape index (κ3) is 5.12. The van der Waals surface area contributed by atoms with Crippen molar-refractivity contribution in [3.8, 4) is 0 Å². The highest BCUT2D eigenvalue weighted by Crippen LogP contribution is 2.18. The summed E-state index contributed by atoms with van der Waals surface area (Å²) in [5, 5.41) is 5.66. The number of aromatic amines is 1. The molecule has 1 aromatic carbocycles. The molecule has 2 rings (SSSR count). The minimum atomic E-state index is -0.659. The summed E-state index contributed by atoms with van der Waals surface area (Å²) in [6, 6.07) is 7.12. The van der Waals surface area contributed by atoms with Gasteiger partial charge < -0.3 is 15.0 Å². The summed E-state index contributed by atoms with van der Waals surface area (Å²) in [4.78, 5) is 37.7. The first-order valence-electron chi connectivity index (χ1n) is 7.76. The van der Waals surface area contributed by atoms with Gasteiger partial charge in [-0.2, -0.15) is 0 Å². The largest absolute Gasteiger partial charge is 0.456 e. The highest BCUT2D eigenvalue weighted by Gasteiger charge is 2.12. The van der Waals surface area contributed by atoms with Crippen LogP contribution in [0.25, 0.3) is 10.9 Å². The van der Waals surface area contributed by atoms with Crippen molar-refractivity contribution < 1.29 is 19.1 Å². The van der Waals surface area contributed by atoms with Gasteiger partial charge in [-0.05, 0) is 31.9 Å². The Morgan fingerprint density at radius 1 is 1.21 bits per heavy atom. The van der Waals surface area contributed by atoms with Gasteiger partial charge in [0.2, 0.25) is 0 Å². The number of carbonyl (C=O) groups excluding carboxylic acids is 3. The van der Waals surface area contributed by atoms with E-state index in [1.54, 1.807) is 13.8 Å². The van der Waals surface area contributed by atoms with Crippen molar-refractivity contribution in [2.75, 3.05) is 6.61 Å². The fraction of sp³-hybridized carbons (Fsp3) is 0.353. The van der Waals surface area contributed by atoms with Crippen LogP contribution in [0.4, 0.5) is 4.79 Å². The van der Waals surface area contributed by atoms with E-state index in [1.165, 1.54) is 0 Å². The number of H-pyrrole nitrogens is 1. The van der Waals surface area contributed by atoms with Crippen molar-refractivity contribution in [1.29, 1.82) is 0 Å². The van der Waals surface area contributed by atoms with Crippen molar-refractivity contribution in [3.05, 3.63) is 36.0 Å². The van der Waals surface area contributed by atoms with Gasteiger partial charge in [0.15, 0.2) is 6.61 Å². The molecule has 0 spiro atoms. The summed E-state index contributed by atoms with van der Waals surface area (Å²) in [5.41, 5.74) is 2.03. The summed E-state index contributed by atoms with van der Waals surface area (Å²) in [5.74, 6) is -1.15. The lowest BCUT2D eigenvalue weighted by Gasteiger charge is -2.09. The average molecular weight is 331 g/mol. The molecule has 0 radical (unpaired) electrons. The van der Waals surface area contributed by atoms with E-state index in [4.69, 9.17) is 4.74 Å². The molecule has 7 nitrogen and oxygen atoms in total. The smallest absolute Gasteiger partial charge is 0.321 e. The second kappa shape index (κ2) is 8.14. The first-order valence-corrected chi connectivity index (χ1v) is 7.76. The maximum absolute atomic E-state index is 11.7. The van der Waals surface area contributed by atoms with Crippen LogP contribution in [0.5, 0.6) is 0 Å². The molecule has 0 bridgehead atoms. The molecule has 0 aliphatic heterocycles. The highest BCUT2D eigenvalue weighted by molar-refractivity contribution is 5.95. The number of carbonyl (C=O) groups is 3. The molecule has 0 saturated heterocycles. The number of imide groups is 1. The summed E-state index contributed by atoms with van der Waals surface area (Å²) in [7, 11) is 0. The van der Waals surface area contributed by atoms with Crippen LogP contribution in [0.3, 0.4) is 0 Å². The zero-order valence-corrected chi connectivity index (χ0v) is 13.7. The Morgan fingerprint density at radius 3 is 2.71 bits per heavy atom. The van der Waals surface area contributed by atoms with E-state index < -0.39 is 24.5 Å². The van der Waals surface area contributed by atoms with Crippen LogP contribution in [0.2, 0.25) is 0 Å². The molecule has 24 heavy (non-hydrogen) atoms. The molecule has 0 aliphatic carbocycles. The quantitative estimate of drug-likeness (QED) is 0.704. The number of amides is 3. The van der Waals surface area contributed by atoms with Crippen LogP contribution in [0.1, 0.15) is 25.8 Å². The van der Waals surface area contributed by atoms with Gasteiger partial charge in [0, 0.05) is 29.6 Å². The maximum Gasteiger partial charge on any atom is 0.321 e. The van der Waals surface area contributed by atoms with Crippen molar-refractivity contribution in [2.24, 2.45) is 0 Å². The van der Waals surface area contributed by atoms with E-state index in [0.717, 1.165) is 16.5 Å². The Bertz CT molecular complexity index is 736. The zero-order chi connectivity index (χ0) is 17.5. The van der Waals surface area contributed by atoms with E-state index in [1.807, 2.05) is 30.5 Å². The molecule has 128 valence electrons. The molecule has 1 aromatic heterocycles. The molecule has 3 amide bonds. The fourth-order valence-corrected chi connectivity index (χ4v) is 2.25. The lowest BCUT2D eigenvalue weighted by molar-refractivity contribution is -0.148. The van der Waals surface area contributed by atoms with Crippen LogP contribution in [0, 0.1) is 0 Å². The molecule has 0 atom stereocenters. The Hall–Kier alpha value is -2.83. The predicted octanol–water partition coefficient (Wildman–Crippen LogP) is 1.88. The van der Waals surface area contributed by atoms with Crippen LogP contribution in [0.15, 0.2) is 30.5 Å². The van der Waals surface area contributed by atoms with Gasteiger partial charge in [-0.15, -0.1) is 0 Å². The average Bonchev–Trinajstić information content (AvgIpc) is 2.93. The highest BCUT2D eigenvalue weighted by atomic mass is 16.5. The first kappa shape index (κ1) is 17.5. The number of nitrogens with one attached hydrogen (secondary N) is 3. The number of esters is 1. The molecular formula is C17H21N3O4. The second-order valence-electron chi connectivity index (χ2n) is 5.70. The third-order valence-electron chi connectivity index (χ3n) is 3.31. The number of ether oxygens (including phenoxy) is 1. The fourth-order valence-electron chi connectivity index (χ4n) is 2.25. The zero-order valence-electron chi connectivity index (χ0n) is 13.7. The summed E-state index contributed by atoms with van der Waals surface area (Å²) < 4.78 is 4.88. The monoisotopic (exact) mass is 331 g/mol. The topological polar surface area (TPSA) is 100 Å². The molecule has 1 heterocycles. The number of hydrogen-bond acceptors (Lipinski definition) is 4. The lowest BCUT2D eigenvalue weighted by Crippen LogP contribution is -2.44.